The molecule has 198 valence electrons. The summed E-state index contributed by atoms with van der Waals surface area (Å²) in [5.74, 6) is -6.33. The van der Waals surface area contributed by atoms with E-state index in [0.29, 0.717) is 44.7 Å². The molecule has 0 spiro atoms. The molecule has 1 N–H and O–H groups in total. The number of nitrogens with zero attached hydrogens (tertiary/aromatic N) is 2. The summed E-state index contributed by atoms with van der Waals surface area (Å²) in [5, 5.41) is 11.9. The van der Waals surface area contributed by atoms with Crippen LogP contribution in [-0.2, 0) is 4.79 Å². The molecule has 39 heavy (non-hydrogen) atoms. The molecule has 4 aromatic rings. The van der Waals surface area contributed by atoms with Crippen molar-refractivity contribution in [3.63, 3.8) is 0 Å². The lowest BCUT2D eigenvalue weighted by molar-refractivity contribution is -0.136. The van der Waals surface area contributed by atoms with E-state index in [1.165, 1.54) is 25.3 Å². The molecule has 7 nitrogen and oxygen atoms in total. The second kappa shape index (κ2) is 11.4. The quantitative estimate of drug-likeness (QED) is 0.169. The number of fused-ring (bicyclic) bond motifs is 1. The molecule has 1 heterocycles. The number of ether oxygens (including phenoxy) is 2. The fourth-order valence-corrected chi connectivity index (χ4v) is 3.99. The molecule has 0 bridgehead atoms. The van der Waals surface area contributed by atoms with Gasteiger partial charge >= 0.3 is 12.6 Å². The van der Waals surface area contributed by atoms with Crippen molar-refractivity contribution < 1.29 is 36.6 Å². The number of nitriles is 1. The van der Waals surface area contributed by atoms with Gasteiger partial charge < -0.3 is 14.8 Å². The second-order valence-corrected chi connectivity index (χ2v) is 8.45. The van der Waals surface area contributed by atoms with E-state index in [9.17, 15) is 27.2 Å². The summed E-state index contributed by atoms with van der Waals surface area (Å²) in [6, 6.07) is 12.9. The minimum absolute atomic E-state index is 0.0717. The van der Waals surface area contributed by atoms with Crippen molar-refractivity contribution in [2.24, 2.45) is 0 Å². The van der Waals surface area contributed by atoms with Crippen LogP contribution in [0.1, 0.15) is 22.8 Å². The standard InChI is InChI=1S/C27H16ClF4N3O4/c1-13(35-25(36)22-19(29)7-9-21(23(22)30)39-27(31)32)26(37)38-20-8-6-16(24-17(20)3-2-10-34-24)15-5-4-14(12-33)11-18(15)28/h2-11,13,27H,1H3,(H,35,36)/t13-/m0/s1. The molecule has 0 aliphatic rings. The van der Waals surface area contributed by atoms with Crippen LogP contribution in [0.15, 0.2) is 60.8 Å². The van der Waals surface area contributed by atoms with Crippen LogP contribution < -0.4 is 14.8 Å². The molecule has 0 fully saturated rings. The Morgan fingerprint density at radius 1 is 1.05 bits per heavy atom. The summed E-state index contributed by atoms with van der Waals surface area (Å²) in [7, 11) is 0. The summed E-state index contributed by atoms with van der Waals surface area (Å²) < 4.78 is 62.9. The van der Waals surface area contributed by atoms with Crippen LogP contribution in [0.4, 0.5) is 17.6 Å². The van der Waals surface area contributed by atoms with Crippen molar-refractivity contribution in [2.75, 3.05) is 0 Å². The van der Waals surface area contributed by atoms with E-state index in [1.807, 2.05) is 6.07 Å². The number of benzene rings is 3. The number of amides is 1. The third-order valence-corrected chi connectivity index (χ3v) is 5.84. The molecule has 0 saturated heterocycles. The molecule has 0 aliphatic carbocycles. The SMILES string of the molecule is C[C@H](NC(=O)c1c(F)ccc(OC(F)F)c1F)C(=O)Oc1ccc(-c2ccc(C#N)cc2Cl)c2ncccc12. The maximum Gasteiger partial charge on any atom is 0.387 e. The Labute approximate surface area is 223 Å². The molecule has 1 amide bonds. The minimum Gasteiger partial charge on any atom is -0.432 e. The van der Waals surface area contributed by atoms with Crippen LogP contribution in [0.3, 0.4) is 0 Å². The van der Waals surface area contributed by atoms with E-state index in [2.05, 4.69) is 15.0 Å². The van der Waals surface area contributed by atoms with Gasteiger partial charge in [-0.2, -0.15) is 14.0 Å². The first-order valence-corrected chi connectivity index (χ1v) is 11.5. The Hall–Kier alpha value is -4.69. The van der Waals surface area contributed by atoms with Gasteiger partial charge in [-0.3, -0.25) is 9.78 Å². The fourth-order valence-electron chi connectivity index (χ4n) is 3.71. The molecule has 3 aromatic carbocycles. The number of alkyl halides is 2. The zero-order valence-corrected chi connectivity index (χ0v) is 20.6. The number of carbonyl (C=O) groups is 2. The first kappa shape index (κ1) is 27.3. The molecule has 12 heteroatoms. The first-order chi connectivity index (χ1) is 18.6. The van der Waals surface area contributed by atoms with E-state index in [4.69, 9.17) is 21.6 Å². The van der Waals surface area contributed by atoms with Crippen LogP contribution in [-0.4, -0.2) is 29.5 Å². The van der Waals surface area contributed by atoms with Crippen LogP contribution >= 0.6 is 11.6 Å². The highest BCUT2D eigenvalue weighted by Gasteiger charge is 2.27. The molecule has 1 aromatic heterocycles. The minimum atomic E-state index is -3.40. The summed E-state index contributed by atoms with van der Waals surface area (Å²) in [4.78, 5) is 29.6. The lowest BCUT2D eigenvalue weighted by Gasteiger charge is -2.16. The highest BCUT2D eigenvalue weighted by Crippen LogP contribution is 2.37. The lowest BCUT2D eigenvalue weighted by Crippen LogP contribution is -2.41. The Morgan fingerprint density at radius 2 is 1.77 bits per heavy atom. The Bertz CT molecular complexity index is 1640. The van der Waals surface area contributed by atoms with Gasteiger partial charge in [-0.1, -0.05) is 17.7 Å². The van der Waals surface area contributed by atoms with Crippen molar-refractivity contribution >= 4 is 34.4 Å². The monoisotopic (exact) mass is 557 g/mol. The van der Waals surface area contributed by atoms with Crippen LogP contribution in [0.5, 0.6) is 11.5 Å². The number of hydrogen-bond donors (Lipinski definition) is 1. The van der Waals surface area contributed by atoms with E-state index in [0.717, 1.165) is 0 Å². The topological polar surface area (TPSA) is 101 Å². The van der Waals surface area contributed by atoms with Gasteiger partial charge in [0.25, 0.3) is 5.91 Å². The van der Waals surface area contributed by atoms with Crippen molar-refractivity contribution in [1.29, 1.82) is 5.26 Å². The molecule has 4 rings (SSSR count). The molecular formula is C27H16ClF4N3O4. The van der Waals surface area contributed by atoms with Crippen LogP contribution in [0, 0.1) is 23.0 Å². The number of nitrogens with one attached hydrogen (secondary N) is 1. The van der Waals surface area contributed by atoms with Crippen molar-refractivity contribution in [1.82, 2.24) is 10.3 Å². The van der Waals surface area contributed by atoms with Crippen molar-refractivity contribution in [3.05, 3.63) is 88.6 Å². The summed E-state index contributed by atoms with van der Waals surface area (Å²) in [5.41, 5.74) is 0.769. The second-order valence-electron chi connectivity index (χ2n) is 8.05. The predicted octanol–water partition coefficient (Wildman–Crippen LogP) is 6.03. The third-order valence-electron chi connectivity index (χ3n) is 5.53. The number of carbonyl (C=O) groups excluding carboxylic acids is 2. The maximum atomic E-state index is 14.5. The van der Waals surface area contributed by atoms with Gasteiger partial charge in [-0.15, -0.1) is 0 Å². The average molecular weight is 558 g/mol. The van der Waals surface area contributed by atoms with Gasteiger partial charge in [0.2, 0.25) is 0 Å². The van der Waals surface area contributed by atoms with Crippen molar-refractivity contribution in [2.45, 2.75) is 19.6 Å². The first-order valence-electron chi connectivity index (χ1n) is 11.1. The number of hydrogen-bond acceptors (Lipinski definition) is 6. The predicted molar refractivity (Wildman–Crippen MR) is 132 cm³/mol. The van der Waals surface area contributed by atoms with Crippen LogP contribution in [0.2, 0.25) is 5.02 Å². The van der Waals surface area contributed by atoms with Gasteiger partial charge in [-0.05, 0) is 55.5 Å². The highest BCUT2D eigenvalue weighted by molar-refractivity contribution is 6.33. The number of halogens is 5. The molecule has 0 unspecified atom stereocenters. The molecule has 0 saturated carbocycles. The number of esters is 1. The summed E-state index contributed by atoms with van der Waals surface area (Å²) in [6.07, 6.45) is 1.52. The Morgan fingerprint density at radius 3 is 2.46 bits per heavy atom. The molecule has 1 atom stereocenters. The highest BCUT2D eigenvalue weighted by atomic mass is 35.5. The number of aromatic nitrogens is 1. The van der Waals surface area contributed by atoms with Gasteiger partial charge in [0.1, 0.15) is 23.2 Å². The Balaban J connectivity index is 1.58. The molecular weight excluding hydrogens is 542 g/mol. The van der Waals surface area contributed by atoms with Gasteiger partial charge in [0.15, 0.2) is 11.6 Å². The number of rotatable bonds is 7. The average Bonchev–Trinajstić information content (AvgIpc) is 2.90. The van der Waals surface area contributed by atoms with E-state index in [-0.39, 0.29) is 5.75 Å². The van der Waals surface area contributed by atoms with Gasteiger partial charge in [-0.25, -0.2) is 13.6 Å². The molecule has 0 aliphatic heterocycles. The fraction of sp³-hybridized carbons (Fsp3) is 0.111. The van der Waals surface area contributed by atoms with Crippen LogP contribution in [0.25, 0.3) is 22.0 Å². The van der Waals surface area contributed by atoms with Crippen molar-refractivity contribution in [3.8, 4) is 28.7 Å². The molecule has 0 radical (unpaired) electrons. The zero-order chi connectivity index (χ0) is 28.3. The van der Waals surface area contributed by atoms with Gasteiger partial charge in [0, 0.05) is 27.7 Å². The normalized spacial score (nSPS) is 11.6. The van der Waals surface area contributed by atoms with Gasteiger partial charge in [0.05, 0.1) is 17.1 Å². The van der Waals surface area contributed by atoms with E-state index < -0.39 is 47.5 Å². The maximum absolute atomic E-state index is 14.5. The third kappa shape index (κ3) is 5.76. The van der Waals surface area contributed by atoms with E-state index in [1.54, 1.807) is 30.3 Å². The largest absolute Gasteiger partial charge is 0.432 e. The zero-order valence-electron chi connectivity index (χ0n) is 19.8. The summed E-state index contributed by atoms with van der Waals surface area (Å²) in [6.45, 7) is -2.20. The Kier molecular flexibility index (Phi) is 7.97. The van der Waals surface area contributed by atoms with E-state index >= 15 is 0 Å². The summed E-state index contributed by atoms with van der Waals surface area (Å²) >= 11 is 6.36. The number of pyridine rings is 1. The lowest BCUT2D eigenvalue weighted by atomic mass is 10.00. The smallest absolute Gasteiger partial charge is 0.387 e.